The van der Waals surface area contributed by atoms with Gasteiger partial charge in [-0.2, -0.15) is 0 Å². The zero-order valence-corrected chi connectivity index (χ0v) is 13.8. The minimum absolute atomic E-state index is 0.00777. The Balaban J connectivity index is 1.73. The van der Waals surface area contributed by atoms with E-state index in [1.165, 1.54) is 0 Å². The van der Waals surface area contributed by atoms with Crippen molar-refractivity contribution in [3.05, 3.63) is 52.5 Å². The first-order valence-electron chi connectivity index (χ1n) is 7.62. The van der Waals surface area contributed by atoms with E-state index >= 15 is 0 Å². The molecule has 0 aliphatic carbocycles. The van der Waals surface area contributed by atoms with Crippen LogP contribution in [0.15, 0.2) is 42.0 Å². The lowest BCUT2D eigenvalue weighted by Gasteiger charge is -2.37. The molecular weight excluding hydrogens is 310 g/mol. The summed E-state index contributed by atoms with van der Waals surface area (Å²) in [5.41, 5.74) is 0.966. The van der Waals surface area contributed by atoms with Gasteiger partial charge < -0.3 is 10.2 Å². The molecule has 1 aliphatic heterocycles. The summed E-state index contributed by atoms with van der Waals surface area (Å²) in [6.07, 6.45) is 4.46. The highest BCUT2D eigenvalue weighted by molar-refractivity contribution is 7.10. The fourth-order valence-corrected chi connectivity index (χ4v) is 3.92. The number of thiophene rings is 1. The van der Waals surface area contributed by atoms with Crippen molar-refractivity contribution in [2.75, 3.05) is 7.05 Å². The molecule has 2 atom stereocenters. The summed E-state index contributed by atoms with van der Waals surface area (Å²) < 4.78 is 0. The minimum Gasteiger partial charge on any atom is -0.352 e. The van der Waals surface area contributed by atoms with Gasteiger partial charge in [-0.05, 0) is 29.5 Å². The fraction of sp³-hybridized carbons (Fsp3) is 0.353. The normalized spacial score (nSPS) is 21.3. The second kappa shape index (κ2) is 6.91. The van der Waals surface area contributed by atoms with E-state index in [1.807, 2.05) is 29.6 Å². The van der Waals surface area contributed by atoms with Crippen molar-refractivity contribution in [3.63, 3.8) is 0 Å². The SMILES string of the molecule is CN1C(=O)CC[C@H](C(=O)NCc2cccnc2)[C@H]1c1cccs1. The summed E-state index contributed by atoms with van der Waals surface area (Å²) in [5, 5.41) is 4.96. The summed E-state index contributed by atoms with van der Waals surface area (Å²) in [6.45, 7) is 0.456. The first-order valence-corrected chi connectivity index (χ1v) is 8.50. The van der Waals surface area contributed by atoms with Gasteiger partial charge in [0.1, 0.15) is 0 Å². The molecule has 0 unspecified atom stereocenters. The predicted octanol–water partition coefficient (Wildman–Crippen LogP) is 2.37. The number of pyridine rings is 1. The van der Waals surface area contributed by atoms with Crippen LogP contribution in [0.4, 0.5) is 0 Å². The first-order chi connectivity index (χ1) is 11.2. The molecule has 0 bridgehead atoms. The van der Waals surface area contributed by atoms with Crippen molar-refractivity contribution in [1.29, 1.82) is 0 Å². The molecule has 0 radical (unpaired) electrons. The Morgan fingerprint density at radius 3 is 3.00 bits per heavy atom. The number of amides is 2. The maximum Gasteiger partial charge on any atom is 0.225 e. The van der Waals surface area contributed by atoms with Gasteiger partial charge in [0.25, 0.3) is 0 Å². The molecule has 0 spiro atoms. The smallest absolute Gasteiger partial charge is 0.225 e. The highest BCUT2D eigenvalue weighted by atomic mass is 32.1. The van der Waals surface area contributed by atoms with Crippen LogP contribution in [0.3, 0.4) is 0 Å². The van der Waals surface area contributed by atoms with Gasteiger partial charge in [0.15, 0.2) is 0 Å². The quantitative estimate of drug-likeness (QED) is 0.937. The second-order valence-corrected chi connectivity index (χ2v) is 6.67. The predicted molar refractivity (Wildman–Crippen MR) is 88.6 cm³/mol. The minimum atomic E-state index is -0.215. The van der Waals surface area contributed by atoms with E-state index in [0.717, 1.165) is 10.4 Å². The van der Waals surface area contributed by atoms with Gasteiger partial charge in [0.2, 0.25) is 11.8 Å². The molecule has 5 nitrogen and oxygen atoms in total. The Hall–Kier alpha value is -2.21. The summed E-state index contributed by atoms with van der Waals surface area (Å²) >= 11 is 1.59. The van der Waals surface area contributed by atoms with E-state index in [-0.39, 0.29) is 23.8 Å². The molecule has 1 aliphatic rings. The van der Waals surface area contributed by atoms with Crippen LogP contribution in [0.25, 0.3) is 0 Å². The van der Waals surface area contributed by atoms with Crippen LogP contribution >= 0.6 is 11.3 Å². The molecule has 3 rings (SSSR count). The molecular formula is C17H19N3O2S. The van der Waals surface area contributed by atoms with Crippen LogP contribution in [-0.4, -0.2) is 28.7 Å². The number of hydrogen-bond donors (Lipinski definition) is 1. The van der Waals surface area contributed by atoms with Crippen LogP contribution in [0.2, 0.25) is 0 Å². The number of piperidine rings is 1. The van der Waals surface area contributed by atoms with Crippen molar-refractivity contribution in [1.82, 2.24) is 15.2 Å². The third-order valence-corrected chi connectivity index (χ3v) is 5.16. The fourth-order valence-electron chi connectivity index (χ4n) is 2.98. The molecule has 1 saturated heterocycles. The number of carbonyl (C=O) groups is 2. The molecule has 2 amide bonds. The Bertz CT molecular complexity index is 672. The number of nitrogens with zero attached hydrogens (tertiary/aromatic N) is 2. The zero-order valence-electron chi connectivity index (χ0n) is 12.9. The molecule has 0 aromatic carbocycles. The zero-order chi connectivity index (χ0) is 16.2. The van der Waals surface area contributed by atoms with E-state index in [1.54, 1.807) is 35.7 Å². The first kappa shape index (κ1) is 15.7. The lowest BCUT2D eigenvalue weighted by Crippen LogP contribution is -2.45. The third kappa shape index (κ3) is 3.42. The van der Waals surface area contributed by atoms with Crippen molar-refractivity contribution < 1.29 is 9.59 Å². The number of carbonyl (C=O) groups excluding carboxylic acids is 2. The third-order valence-electron chi connectivity index (χ3n) is 4.22. The highest BCUT2D eigenvalue weighted by Gasteiger charge is 2.39. The lowest BCUT2D eigenvalue weighted by atomic mass is 9.87. The van der Waals surface area contributed by atoms with Crippen LogP contribution in [0, 0.1) is 5.92 Å². The Kier molecular flexibility index (Phi) is 4.71. The molecule has 0 saturated carbocycles. The standard InChI is InChI=1S/C17H19N3O2S/c1-20-15(21)7-6-13(16(20)14-5-3-9-23-14)17(22)19-11-12-4-2-8-18-10-12/h2-5,8-10,13,16H,6-7,11H2,1H3,(H,19,22)/t13-,16-/m0/s1. The molecule has 2 aromatic heterocycles. The van der Waals surface area contributed by atoms with Crippen molar-refractivity contribution in [3.8, 4) is 0 Å². The molecule has 1 fully saturated rings. The summed E-state index contributed by atoms with van der Waals surface area (Å²) in [6, 6.07) is 7.55. The maximum atomic E-state index is 12.7. The Morgan fingerprint density at radius 2 is 2.30 bits per heavy atom. The monoisotopic (exact) mass is 329 g/mol. The summed E-state index contributed by atoms with van der Waals surface area (Å²) in [7, 11) is 1.78. The summed E-state index contributed by atoms with van der Waals surface area (Å²) in [4.78, 5) is 31.5. The number of rotatable bonds is 4. The van der Waals surface area contributed by atoms with Gasteiger partial charge in [0.05, 0.1) is 12.0 Å². The van der Waals surface area contributed by atoms with E-state index in [4.69, 9.17) is 0 Å². The topological polar surface area (TPSA) is 62.3 Å². The van der Waals surface area contributed by atoms with Crippen molar-refractivity contribution >= 4 is 23.2 Å². The molecule has 3 heterocycles. The number of nitrogens with one attached hydrogen (secondary N) is 1. The van der Waals surface area contributed by atoms with Gasteiger partial charge in [0, 0.05) is 37.3 Å². The number of aromatic nitrogens is 1. The van der Waals surface area contributed by atoms with Crippen LogP contribution in [0.1, 0.15) is 29.3 Å². The van der Waals surface area contributed by atoms with Crippen LogP contribution in [0.5, 0.6) is 0 Å². The van der Waals surface area contributed by atoms with Crippen molar-refractivity contribution in [2.45, 2.75) is 25.4 Å². The van der Waals surface area contributed by atoms with Gasteiger partial charge in [-0.3, -0.25) is 14.6 Å². The largest absolute Gasteiger partial charge is 0.352 e. The lowest BCUT2D eigenvalue weighted by molar-refractivity contribution is -0.141. The van der Waals surface area contributed by atoms with Crippen molar-refractivity contribution in [2.24, 2.45) is 5.92 Å². The van der Waals surface area contributed by atoms with E-state index in [9.17, 15) is 9.59 Å². The van der Waals surface area contributed by atoms with Gasteiger partial charge in [-0.1, -0.05) is 12.1 Å². The number of hydrogen-bond acceptors (Lipinski definition) is 4. The molecule has 23 heavy (non-hydrogen) atoms. The average molecular weight is 329 g/mol. The van der Waals surface area contributed by atoms with E-state index < -0.39 is 0 Å². The maximum absolute atomic E-state index is 12.7. The Morgan fingerprint density at radius 1 is 1.43 bits per heavy atom. The van der Waals surface area contributed by atoms with E-state index in [0.29, 0.717) is 19.4 Å². The molecule has 6 heteroatoms. The highest BCUT2D eigenvalue weighted by Crippen LogP contribution is 2.37. The van der Waals surface area contributed by atoms with E-state index in [2.05, 4.69) is 10.3 Å². The molecule has 1 N–H and O–H groups in total. The molecule has 2 aromatic rings. The second-order valence-electron chi connectivity index (χ2n) is 5.69. The van der Waals surface area contributed by atoms with Crippen LogP contribution in [-0.2, 0) is 16.1 Å². The average Bonchev–Trinajstić information content (AvgIpc) is 3.10. The van der Waals surface area contributed by atoms with Gasteiger partial charge in [-0.15, -0.1) is 11.3 Å². The van der Waals surface area contributed by atoms with Gasteiger partial charge in [-0.25, -0.2) is 0 Å². The molecule has 120 valence electrons. The summed E-state index contributed by atoms with van der Waals surface area (Å²) in [5.74, 6) is -0.126. The van der Waals surface area contributed by atoms with Gasteiger partial charge >= 0.3 is 0 Å². The number of likely N-dealkylation sites (tertiary alicyclic amines) is 1. The van der Waals surface area contributed by atoms with Crippen LogP contribution < -0.4 is 5.32 Å². The Labute approximate surface area is 139 Å².